The average molecular weight is 468 g/mol. The normalized spacial score (nSPS) is 10.9. The fraction of sp³-hybridized carbons (Fsp3) is 0.231. The second-order valence-corrected chi connectivity index (χ2v) is 8.02. The standard InChI is InChI=1S/C26H26FNO4S/c1-3-5-16-32-22-9-7-6-8-19(22)12-15-23(29)28-25-24(26(30)31-4-2)21(17-33-25)18-10-13-20(27)14-11-18/h6-15,17H,3-5,16H2,1-2H3,(H,28,29). The third-order valence-electron chi connectivity index (χ3n) is 4.75. The summed E-state index contributed by atoms with van der Waals surface area (Å²) < 4.78 is 24.3. The van der Waals surface area contributed by atoms with Gasteiger partial charge in [-0.3, -0.25) is 4.79 Å². The Hall–Kier alpha value is -3.45. The second kappa shape index (κ2) is 12.0. The molecule has 5 nitrogen and oxygen atoms in total. The highest BCUT2D eigenvalue weighted by atomic mass is 32.1. The minimum Gasteiger partial charge on any atom is -0.493 e. The predicted octanol–water partition coefficient (Wildman–Crippen LogP) is 6.56. The van der Waals surface area contributed by atoms with E-state index in [2.05, 4.69) is 12.2 Å². The van der Waals surface area contributed by atoms with E-state index in [1.165, 1.54) is 29.5 Å². The molecule has 0 spiro atoms. The highest BCUT2D eigenvalue weighted by Crippen LogP contribution is 2.36. The number of anilines is 1. The van der Waals surface area contributed by atoms with Crippen LogP contribution in [-0.4, -0.2) is 25.1 Å². The highest BCUT2D eigenvalue weighted by Gasteiger charge is 2.22. The lowest BCUT2D eigenvalue weighted by Crippen LogP contribution is -2.12. The van der Waals surface area contributed by atoms with Crippen LogP contribution in [0.15, 0.2) is 60.0 Å². The number of unbranched alkanes of at least 4 members (excludes halogenated alkanes) is 1. The lowest BCUT2D eigenvalue weighted by atomic mass is 10.0. The maximum Gasteiger partial charge on any atom is 0.341 e. The number of hydrogen-bond acceptors (Lipinski definition) is 5. The number of ether oxygens (including phenoxy) is 2. The van der Waals surface area contributed by atoms with Gasteiger partial charge in [-0.05, 0) is 43.2 Å². The zero-order chi connectivity index (χ0) is 23.6. The quantitative estimate of drug-likeness (QED) is 0.208. The van der Waals surface area contributed by atoms with Gasteiger partial charge in [-0.2, -0.15) is 0 Å². The van der Waals surface area contributed by atoms with E-state index in [0.717, 1.165) is 18.4 Å². The Kier molecular flexibility index (Phi) is 8.78. The Bertz CT molecular complexity index is 1120. The largest absolute Gasteiger partial charge is 0.493 e. The molecule has 2 aromatic carbocycles. The number of halogens is 1. The molecule has 0 bridgehead atoms. The topological polar surface area (TPSA) is 64.6 Å². The van der Waals surface area contributed by atoms with E-state index in [1.807, 2.05) is 24.3 Å². The molecule has 3 rings (SSSR count). The average Bonchev–Trinajstić information content (AvgIpc) is 3.22. The van der Waals surface area contributed by atoms with Crippen molar-refractivity contribution in [1.29, 1.82) is 0 Å². The van der Waals surface area contributed by atoms with Gasteiger partial charge in [0.05, 0.1) is 13.2 Å². The van der Waals surface area contributed by atoms with Crippen LogP contribution in [0.3, 0.4) is 0 Å². The first kappa shape index (κ1) is 24.2. The van der Waals surface area contributed by atoms with Crippen LogP contribution in [0, 0.1) is 5.82 Å². The minimum atomic E-state index is -0.549. The lowest BCUT2D eigenvalue weighted by molar-refractivity contribution is -0.111. The van der Waals surface area contributed by atoms with Gasteiger partial charge >= 0.3 is 5.97 Å². The van der Waals surface area contributed by atoms with Crippen molar-refractivity contribution in [2.75, 3.05) is 18.5 Å². The molecule has 0 fully saturated rings. The molecule has 0 aliphatic rings. The zero-order valence-corrected chi connectivity index (χ0v) is 19.4. The number of rotatable bonds is 10. The molecule has 1 N–H and O–H groups in total. The van der Waals surface area contributed by atoms with Crippen molar-refractivity contribution < 1.29 is 23.5 Å². The molecule has 0 saturated heterocycles. The highest BCUT2D eigenvalue weighted by molar-refractivity contribution is 7.15. The number of carbonyl (C=O) groups is 2. The molecule has 0 radical (unpaired) electrons. The fourth-order valence-electron chi connectivity index (χ4n) is 3.09. The summed E-state index contributed by atoms with van der Waals surface area (Å²) in [7, 11) is 0. The van der Waals surface area contributed by atoms with Crippen LogP contribution >= 0.6 is 11.3 Å². The van der Waals surface area contributed by atoms with E-state index in [9.17, 15) is 14.0 Å². The zero-order valence-electron chi connectivity index (χ0n) is 18.6. The van der Waals surface area contributed by atoms with E-state index in [1.54, 1.807) is 30.5 Å². The van der Waals surface area contributed by atoms with E-state index >= 15 is 0 Å². The van der Waals surface area contributed by atoms with Crippen LogP contribution in [0.5, 0.6) is 5.75 Å². The molecule has 1 amide bonds. The molecule has 33 heavy (non-hydrogen) atoms. The summed E-state index contributed by atoms with van der Waals surface area (Å²) in [5.41, 5.74) is 2.27. The summed E-state index contributed by atoms with van der Waals surface area (Å²) in [5, 5.41) is 4.89. The maximum atomic E-state index is 13.3. The van der Waals surface area contributed by atoms with E-state index in [-0.39, 0.29) is 18.0 Å². The molecule has 3 aromatic rings. The van der Waals surface area contributed by atoms with Gasteiger partial charge < -0.3 is 14.8 Å². The number of para-hydroxylation sites is 1. The fourth-order valence-corrected chi connectivity index (χ4v) is 4.05. The Morgan fingerprint density at radius 1 is 1.09 bits per heavy atom. The van der Waals surface area contributed by atoms with Crippen LogP contribution in [0.4, 0.5) is 9.39 Å². The monoisotopic (exact) mass is 467 g/mol. The third-order valence-corrected chi connectivity index (χ3v) is 5.65. The Morgan fingerprint density at radius 3 is 2.58 bits per heavy atom. The number of carbonyl (C=O) groups excluding carboxylic acids is 2. The van der Waals surface area contributed by atoms with Gasteiger partial charge in [0, 0.05) is 22.6 Å². The number of benzene rings is 2. The smallest absolute Gasteiger partial charge is 0.341 e. The summed E-state index contributed by atoms with van der Waals surface area (Å²) >= 11 is 1.21. The molecule has 0 saturated carbocycles. The summed E-state index contributed by atoms with van der Waals surface area (Å²) in [6.45, 7) is 4.61. The number of amides is 1. The van der Waals surface area contributed by atoms with Gasteiger partial charge in [0.15, 0.2) is 0 Å². The summed E-state index contributed by atoms with van der Waals surface area (Å²) in [6, 6.07) is 13.3. The molecule has 172 valence electrons. The van der Waals surface area contributed by atoms with E-state index in [4.69, 9.17) is 9.47 Å². The number of hydrogen-bond donors (Lipinski definition) is 1. The second-order valence-electron chi connectivity index (χ2n) is 7.14. The van der Waals surface area contributed by atoms with Crippen molar-refractivity contribution in [2.24, 2.45) is 0 Å². The molecule has 0 aliphatic carbocycles. The Labute approximate surface area is 196 Å². The van der Waals surface area contributed by atoms with Crippen LogP contribution < -0.4 is 10.1 Å². The van der Waals surface area contributed by atoms with Gasteiger partial charge in [0.25, 0.3) is 0 Å². The Morgan fingerprint density at radius 2 is 1.85 bits per heavy atom. The van der Waals surface area contributed by atoms with Gasteiger partial charge in [0.2, 0.25) is 5.91 Å². The lowest BCUT2D eigenvalue weighted by Gasteiger charge is -2.09. The Balaban J connectivity index is 1.81. The van der Waals surface area contributed by atoms with E-state index in [0.29, 0.717) is 28.5 Å². The third kappa shape index (κ3) is 6.52. The SMILES string of the molecule is CCCCOc1ccccc1C=CC(=O)Nc1scc(-c2ccc(F)cc2)c1C(=O)OCC. The molecular weight excluding hydrogens is 441 g/mol. The van der Waals surface area contributed by atoms with E-state index < -0.39 is 11.9 Å². The molecular formula is C26H26FNO4S. The first-order chi connectivity index (χ1) is 16.0. The number of esters is 1. The minimum absolute atomic E-state index is 0.194. The van der Waals surface area contributed by atoms with Crippen molar-refractivity contribution in [3.63, 3.8) is 0 Å². The van der Waals surface area contributed by atoms with Crippen LogP contribution in [0.2, 0.25) is 0 Å². The van der Waals surface area contributed by atoms with Gasteiger partial charge in [0.1, 0.15) is 22.1 Å². The molecule has 7 heteroatoms. The van der Waals surface area contributed by atoms with Crippen LogP contribution in [0.1, 0.15) is 42.6 Å². The molecule has 1 heterocycles. The van der Waals surface area contributed by atoms with Crippen molar-refractivity contribution in [2.45, 2.75) is 26.7 Å². The molecule has 0 aliphatic heterocycles. The van der Waals surface area contributed by atoms with Crippen molar-refractivity contribution in [3.8, 4) is 16.9 Å². The van der Waals surface area contributed by atoms with Gasteiger partial charge in [-0.25, -0.2) is 9.18 Å². The van der Waals surface area contributed by atoms with Crippen molar-refractivity contribution in [3.05, 3.63) is 76.9 Å². The summed E-state index contributed by atoms with van der Waals surface area (Å²) in [4.78, 5) is 25.3. The van der Waals surface area contributed by atoms with Crippen LogP contribution in [0.25, 0.3) is 17.2 Å². The van der Waals surface area contributed by atoms with Gasteiger partial charge in [-0.15, -0.1) is 11.3 Å². The summed E-state index contributed by atoms with van der Waals surface area (Å²) in [6.07, 6.45) is 5.05. The molecule has 0 unspecified atom stereocenters. The summed E-state index contributed by atoms with van der Waals surface area (Å²) in [5.74, 6) is -0.607. The van der Waals surface area contributed by atoms with Crippen LogP contribution in [-0.2, 0) is 9.53 Å². The number of thiophene rings is 1. The maximum absolute atomic E-state index is 13.3. The molecule has 0 atom stereocenters. The molecule has 1 aromatic heterocycles. The first-order valence-electron chi connectivity index (χ1n) is 10.8. The van der Waals surface area contributed by atoms with Crippen molar-refractivity contribution in [1.82, 2.24) is 0 Å². The van der Waals surface area contributed by atoms with Crippen molar-refractivity contribution >= 4 is 34.3 Å². The first-order valence-corrected chi connectivity index (χ1v) is 11.7. The number of nitrogens with one attached hydrogen (secondary N) is 1. The van der Waals surface area contributed by atoms with Gasteiger partial charge in [-0.1, -0.05) is 43.7 Å². The predicted molar refractivity (Wildman–Crippen MR) is 130 cm³/mol.